The molecule has 5 rings (SSSR count). The Balaban J connectivity index is 1.36. The van der Waals surface area contributed by atoms with Crippen molar-refractivity contribution < 1.29 is 9.53 Å². The molecule has 0 radical (unpaired) electrons. The lowest BCUT2D eigenvalue weighted by Crippen LogP contribution is -2.35. The predicted octanol–water partition coefficient (Wildman–Crippen LogP) is 7.74. The fourth-order valence-corrected chi connectivity index (χ4v) is 4.95. The van der Waals surface area contributed by atoms with Crippen molar-refractivity contribution in [1.29, 1.82) is 0 Å². The fourth-order valence-electron chi connectivity index (χ4n) is 4.95. The number of amides is 1. The number of hydrogen-bond donors (Lipinski definition) is 1. The van der Waals surface area contributed by atoms with Gasteiger partial charge in [-0.15, -0.1) is 0 Å². The van der Waals surface area contributed by atoms with Gasteiger partial charge in [0.1, 0.15) is 0 Å². The molecule has 190 valence electrons. The quantitative estimate of drug-likeness (QED) is 0.299. The number of rotatable bonds is 6. The summed E-state index contributed by atoms with van der Waals surface area (Å²) in [6.07, 6.45) is 2.53. The summed E-state index contributed by atoms with van der Waals surface area (Å²) in [7, 11) is 0. The molecule has 4 aromatic rings. The molecule has 0 bridgehead atoms. The van der Waals surface area contributed by atoms with E-state index in [1.54, 1.807) is 0 Å². The monoisotopic (exact) mass is 492 g/mol. The van der Waals surface area contributed by atoms with E-state index < -0.39 is 0 Å². The molecule has 1 amide bonds. The molecule has 0 saturated heterocycles. The summed E-state index contributed by atoms with van der Waals surface area (Å²) < 4.78 is 6.01. The third-order valence-electron chi connectivity index (χ3n) is 7.17. The van der Waals surface area contributed by atoms with Gasteiger partial charge in [-0.1, -0.05) is 99.6 Å². The van der Waals surface area contributed by atoms with Crippen LogP contribution in [0.3, 0.4) is 0 Å². The number of nitrogens with zero attached hydrogens (tertiary/aromatic N) is 1. The van der Waals surface area contributed by atoms with Crippen LogP contribution < -0.4 is 10.1 Å². The van der Waals surface area contributed by atoms with E-state index in [-0.39, 0.29) is 11.5 Å². The second-order valence-corrected chi connectivity index (χ2v) is 11.0. The predicted molar refractivity (Wildman–Crippen MR) is 152 cm³/mol. The fraction of sp³-hybridized carbons (Fsp3) is 0.303. The van der Waals surface area contributed by atoms with Crippen LogP contribution in [0.2, 0.25) is 0 Å². The number of aryl methyl sites for hydroxylation is 1. The lowest BCUT2D eigenvalue weighted by molar-refractivity contribution is 0.150. The van der Waals surface area contributed by atoms with Crippen LogP contribution >= 0.6 is 0 Å². The molecule has 0 atom stereocenters. The topological polar surface area (TPSA) is 41.6 Å². The first-order chi connectivity index (χ1) is 17.9. The Hall–Kier alpha value is -3.79. The largest absolute Gasteiger partial charge is 0.415 e. The molecule has 0 unspecified atom stereocenters. The Labute approximate surface area is 220 Å². The number of fused-ring (bicyclic) bond motifs is 2. The number of carbonyl (C=O) groups excluding carboxylic acids is 1. The molecule has 4 aromatic carbocycles. The zero-order chi connectivity index (χ0) is 25.8. The van der Waals surface area contributed by atoms with Crippen molar-refractivity contribution in [3.8, 4) is 5.75 Å². The first-order valence-corrected chi connectivity index (χ1v) is 13.3. The van der Waals surface area contributed by atoms with E-state index in [1.165, 1.54) is 27.5 Å². The van der Waals surface area contributed by atoms with E-state index in [0.29, 0.717) is 18.8 Å². The van der Waals surface area contributed by atoms with Gasteiger partial charge in [0, 0.05) is 19.6 Å². The summed E-state index contributed by atoms with van der Waals surface area (Å²) in [5.41, 5.74) is 5.83. The van der Waals surface area contributed by atoms with E-state index in [4.69, 9.17) is 4.74 Å². The van der Waals surface area contributed by atoms with E-state index in [2.05, 4.69) is 98.9 Å². The Morgan fingerprint density at radius 3 is 2.43 bits per heavy atom. The molecule has 1 aliphatic heterocycles. The van der Waals surface area contributed by atoms with E-state index >= 15 is 0 Å². The Morgan fingerprint density at radius 2 is 1.65 bits per heavy atom. The molecule has 37 heavy (non-hydrogen) atoms. The third-order valence-corrected chi connectivity index (χ3v) is 7.17. The maximum atomic E-state index is 13.5. The average molecular weight is 493 g/mol. The molecule has 0 aromatic heterocycles. The summed E-state index contributed by atoms with van der Waals surface area (Å²) in [5.74, 6) is 0.612. The molecule has 0 spiro atoms. The van der Waals surface area contributed by atoms with Gasteiger partial charge in [0.05, 0.1) is 5.69 Å². The average Bonchev–Trinajstić information content (AvgIpc) is 2.91. The van der Waals surface area contributed by atoms with Gasteiger partial charge < -0.3 is 15.0 Å². The SMILES string of the molecule is CC(C)(C)c1ccc(CN(CCc2ccc3ccccc3c2)C(=O)Oc2cccc3c2NCCC3)cc1. The highest BCUT2D eigenvalue weighted by molar-refractivity contribution is 5.83. The van der Waals surface area contributed by atoms with Crippen molar-refractivity contribution in [3.63, 3.8) is 0 Å². The molecule has 1 N–H and O–H groups in total. The van der Waals surface area contributed by atoms with E-state index in [9.17, 15) is 4.79 Å². The number of benzene rings is 4. The lowest BCUT2D eigenvalue weighted by atomic mass is 9.87. The maximum absolute atomic E-state index is 13.5. The molecule has 4 nitrogen and oxygen atoms in total. The maximum Gasteiger partial charge on any atom is 0.415 e. The van der Waals surface area contributed by atoms with Gasteiger partial charge in [-0.25, -0.2) is 4.79 Å². The van der Waals surface area contributed by atoms with Gasteiger partial charge in [0.25, 0.3) is 0 Å². The molecular weight excluding hydrogens is 456 g/mol. The van der Waals surface area contributed by atoms with E-state index in [1.807, 2.05) is 17.0 Å². The number of para-hydroxylation sites is 1. The highest BCUT2D eigenvalue weighted by Crippen LogP contribution is 2.32. The highest BCUT2D eigenvalue weighted by Gasteiger charge is 2.21. The van der Waals surface area contributed by atoms with Crippen LogP contribution in [0.5, 0.6) is 5.75 Å². The second-order valence-electron chi connectivity index (χ2n) is 11.0. The number of anilines is 1. The second kappa shape index (κ2) is 10.7. The molecule has 1 aliphatic rings. The smallest absolute Gasteiger partial charge is 0.408 e. The minimum Gasteiger partial charge on any atom is -0.408 e. The summed E-state index contributed by atoms with van der Waals surface area (Å²) in [5, 5.41) is 5.87. The molecule has 4 heteroatoms. The van der Waals surface area contributed by atoms with Crippen LogP contribution in [-0.2, 0) is 24.8 Å². The summed E-state index contributed by atoms with van der Waals surface area (Å²) in [6.45, 7) is 8.60. The first kappa shape index (κ1) is 24.9. The van der Waals surface area contributed by atoms with Crippen LogP contribution in [0.1, 0.15) is 49.4 Å². The number of ether oxygens (including phenoxy) is 1. The van der Waals surface area contributed by atoms with Crippen molar-refractivity contribution in [3.05, 3.63) is 107 Å². The van der Waals surface area contributed by atoms with Gasteiger partial charge in [-0.3, -0.25) is 0 Å². The first-order valence-electron chi connectivity index (χ1n) is 13.3. The molecule has 0 fully saturated rings. The van der Waals surface area contributed by atoms with Crippen molar-refractivity contribution in [2.24, 2.45) is 0 Å². The van der Waals surface area contributed by atoms with Crippen LogP contribution in [0.15, 0.2) is 84.9 Å². The van der Waals surface area contributed by atoms with Gasteiger partial charge in [0.2, 0.25) is 0 Å². The zero-order valence-electron chi connectivity index (χ0n) is 22.1. The highest BCUT2D eigenvalue weighted by atomic mass is 16.6. The molecular formula is C33H36N2O2. The number of nitrogens with one attached hydrogen (secondary N) is 1. The zero-order valence-corrected chi connectivity index (χ0v) is 22.1. The summed E-state index contributed by atoms with van der Waals surface area (Å²) in [6, 6.07) is 29.4. The van der Waals surface area contributed by atoms with Crippen LogP contribution in [0, 0.1) is 0 Å². The van der Waals surface area contributed by atoms with Crippen LogP contribution in [0.25, 0.3) is 10.8 Å². The van der Waals surface area contributed by atoms with Crippen molar-refractivity contribution >= 4 is 22.6 Å². The van der Waals surface area contributed by atoms with Crippen LogP contribution in [0.4, 0.5) is 10.5 Å². The van der Waals surface area contributed by atoms with Crippen molar-refractivity contribution in [1.82, 2.24) is 4.90 Å². The standard InChI is InChI=1S/C33H36N2O2/c1-33(2,3)29-17-14-25(15-18-29)23-35(21-19-24-13-16-26-8-4-5-9-28(26)22-24)32(36)37-30-12-6-10-27-11-7-20-34-31(27)30/h4-6,8-10,12-18,22,34H,7,11,19-21,23H2,1-3H3. The Morgan fingerprint density at radius 1 is 0.892 bits per heavy atom. The van der Waals surface area contributed by atoms with Gasteiger partial charge in [0.15, 0.2) is 5.75 Å². The normalized spacial score (nSPS) is 13.1. The minimum atomic E-state index is -0.318. The Kier molecular flexibility index (Phi) is 7.18. The lowest BCUT2D eigenvalue weighted by Gasteiger charge is -2.25. The summed E-state index contributed by atoms with van der Waals surface area (Å²) in [4.78, 5) is 15.4. The van der Waals surface area contributed by atoms with Crippen molar-refractivity contribution in [2.45, 2.75) is 52.0 Å². The van der Waals surface area contributed by atoms with Gasteiger partial charge in [-0.2, -0.15) is 0 Å². The molecule has 0 saturated carbocycles. The summed E-state index contributed by atoms with van der Waals surface area (Å²) >= 11 is 0. The van der Waals surface area contributed by atoms with Gasteiger partial charge in [-0.05, 0) is 63.8 Å². The minimum absolute atomic E-state index is 0.0899. The molecule has 1 heterocycles. The van der Waals surface area contributed by atoms with Crippen molar-refractivity contribution in [2.75, 3.05) is 18.4 Å². The number of carbonyl (C=O) groups is 1. The Bertz CT molecular complexity index is 1390. The van der Waals surface area contributed by atoms with Crippen LogP contribution in [-0.4, -0.2) is 24.1 Å². The van der Waals surface area contributed by atoms with Gasteiger partial charge >= 0.3 is 6.09 Å². The molecule has 0 aliphatic carbocycles. The van der Waals surface area contributed by atoms with E-state index in [0.717, 1.165) is 37.1 Å². The third kappa shape index (κ3) is 5.96. The number of hydrogen-bond acceptors (Lipinski definition) is 3.